The summed E-state index contributed by atoms with van der Waals surface area (Å²) in [5.41, 5.74) is 5.54. The van der Waals surface area contributed by atoms with E-state index < -0.39 is 0 Å². The first-order valence-electron chi connectivity index (χ1n) is 8.65. The number of hydrogen-bond acceptors (Lipinski definition) is 4. The van der Waals surface area contributed by atoms with E-state index in [0.717, 1.165) is 11.1 Å². The number of halogens is 2. The molecule has 0 atom stereocenters. The monoisotopic (exact) mass is 445 g/mol. The maximum absolute atomic E-state index is 12.2. The van der Waals surface area contributed by atoms with Crippen molar-refractivity contribution < 1.29 is 9.59 Å². The topological polar surface area (TPSA) is 70.6 Å². The van der Waals surface area contributed by atoms with Crippen molar-refractivity contribution in [1.82, 2.24) is 5.43 Å². The Kier molecular flexibility index (Phi) is 7.04. The molecule has 29 heavy (non-hydrogen) atoms. The van der Waals surface area contributed by atoms with Crippen LogP contribution < -0.4 is 10.7 Å². The van der Waals surface area contributed by atoms with Crippen LogP contribution in [0.1, 0.15) is 27.7 Å². The summed E-state index contributed by atoms with van der Waals surface area (Å²) in [4.78, 5) is 24.7. The summed E-state index contributed by atoms with van der Waals surface area (Å²) >= 11 is 12.9. The summed E-state index contributed by atoms with van der Waals surface area (Å²) in [7, 11) is 0. The SMILES string of the molecule is C/C(=N\NC(=O)Cc1ccc(Cl)cc1)c1ccc(NC(=O)c2ccc(Cl)s2)cc1. The van der Waals surface area contributed by atoms with Gasteiger partial charge in [0.2, 0.25) is 5.91 Å². The van der Waals surface area contributed by atoms with E-state index in [1.54, 1.807) is 55.5 Å². The molecule has 3 rings (SSSR count). The van der Waals surface area contributed by atoms with E-state index >= 15 is 0 Å². The molecule has 1 heterocycles. The molecule has 1 aromatic heterocycles. The van der Waals surface area contributed by atoms with Gasteiger partial charge in [0, 0.05) is 10.7 Å². The Bertz CT molecular complexity index is 1040. The average Bonchev–Trinajstić information content (AvgIpc) is 3.15. The Labute approximate surface area is 182 Å². The highest BCUT2D eigenvalue weighted by Crippen LogP contribution is 2.22. The average molecular weight is 446 g/mol. The zero-order chi connectivity index (χ0) is 20.8. The predicted octanol–water partition coefficient (Wildman–Crippen LogP) is 5.39. The fourth-order valence-corrected chi connectivity index (χ4v) is 3.53. The third-order valence-electron chi connectivity index (χ3n) is 3.98. The molecule has 0 radical (unpaired) electrons. The second kappa shape index (κ2) is 9.69. The first-order valence-corrected chi connectivity index (χ1v) is 10.2. The summed E-state index contributed by atoms with van der Waals surface area (Å²) in [6.45, 7) is 1.80. The van der Waals surface area contributed by atoms with Crippen LogP contribution in [0.2, 0.25) is 9.36 Å². The molecule has 2 amide bonds. The zero-order valence-corrected chi connectivity index (χ0v) is 17.7. The van der Waals surface area contributed by atoms with Gasteiger partial charge in [0.15, 0.2) is 0 Å². The van der Waals surface area contributed by atoms with Crippen LogP contribution in [0, 0.1) is 0 Å². The largest absolute Gasteiger partial charge is 0.321 e. The molecule has 0 bridgehead atoms. The van der Waals surface area contributed by atoms with Gasteiger partial charge in [-0.15, -0.1) is 11.3 Å². The molecule has 2 aromatic carbocycles. The smallest absolute Gasteiger partial charge is 0.265 e. The van der Waals surface area contributed by atoms with Gasteiger partial charge >= 0.3 is 0 Å². The van der Waals surface area contributed by atoms with Gasteiger partial charge in [-0.05, 0) is 54.4 Å². The van der Waals surface area contributed by atoms with E-state index in [4.69, 9.17) is 23.2 Å². The number of carbonyl (C=O) groups excluding carboxylic acids is 2. The van der Waals surface area contributed by atoms with Crippen LogP contribution in [0.3, 0.4) is 0 Å². The van der Waals surface area contributed by atoms with E-state index in [1.807, 2.05) is 12.1 Å². The number of carbonyl (C=O) groups is 2. The molecule has 5 nitrogen and oxygen atoms in total. The Morgan fingerprint density at radius 1 is 0.966 bits per heavy atom. The van der Waals surface area contributed by atoms with Crippen molar-refractivity contribution >= 4 is 57.8 Å². The van der Waals surface area contributed by atoms with Gasteiger partial charge in [0.05, 0.1) is 21.3 Å². The van der Waals surface area contributed by atoms with E-state index in [9.17, 15) is 9.59 Å². The number of nitrogens with zero attached hydrogens (tertiary/aromatic N) is 1. The Hall–Kier alpha value is -2.67. The summed E-state index contributed by atoms with van der Waals surface area (Å²) in [6.07, 6.45) is 0.214. The molecular formula is C21H17Cl2N3O2S. The molecular weight excluding hydrogens is 429 g/mol. The van der Waals surface area contributed by atoms with Crippen LogP contribution in [0.15, 0.2) is 65.8 Å². The molecule has 2 N–H and O–H groups in total. The minimum absolute atomic E-state index is 0.213. The van der Waals surface area contributed by atoms with Crippen molar-refractivity contribution in [1.29, 1.82) is 0 Å². The summed E-state index contributed by atoms with van der Waals surface area (Å²) < 4.78 is 0.565. The Morgan fingerprint density at radius 2 is 1.66 bits per heavy atom. The fraction of sp³-hybridized carbons (Fsp3) is 0.0952. The quantitative estimate of drug-likeness (QED) is 0.394. The summed E-state index contributed by atoms with van der Waals surface area (Å²) in [5, 5.41) is 7.58. The maximum atomic E-state index is 12.2. The molecule has 0 fully saturated rings. The molecule has 0 saturated heterocycles. The number of thiophene rings is 1. The van der Waals surface area contributed by atoms with Crippen LogP contribution in [0.5, 0.6) is 0 Å². The second-order valence-corrected chi connectivity index (χ2v) is 8.32. The van der Waals surface area contributed by atoms with Gasteiger partial charge in [-0.25, -0.2) is 5.43 Å². The van der Waals surface area contributed by atoms with E-state index in [0.29, 0.717) is 25.6 Å². The lowest BCUT2D eigenvalue weighted by atomic mass is 10.1. The Balaban J connectivity index is 1.56. The number of nitrogens with one attached hydrogen (secondary N) is 2. The van der Waals surface area contributed by atoms with Crippen LogP contribution in [0.4, 0.5) is 5.69 Å². The van der Waals surface area contributed by atoms with Crippen LogP contribution in [0.25, 0.3) is 0 Å². The molecule has 8 heteroatoms. The van der Waals surface area contributed by atoms with Gasteiger partial charge in [-0.1, -0.05) is 47.5 Å². The summed E-state index contributed by atoms with van der Waals surface area (Å²) in [5.74, 6) is -0.431. The van der Waals surface area contributed by atoms with E-state index in [-0.39, 0.29) is 18.2 Å². The highest BCUT2D eigenvalue weighted by Gasteiger charge is 2.09. The third-order valence-corrected chi connectivity index (χ3v) is 5.47. The van der Waals surface area contributed by atoms with E-state index in [2.05, 4.69) is 15.8 Å². The standard InChI is InChI=1S/C21H17Cl2N3O2S/c1-13(25-26-20(27)12-14-2-6-16(22)7-3-14)15-4-8-17(9-5-15)24-21(28)18-10-11-19(23)29-18/h2-11H,12H2,1H3,(H,24,28)(H,26,27)/b25-13+. The lowest BCUT2D eigenvalue weighted by Crippen LogP contribution is -2.21. The Morgan fingerprint density at radius 3 is 2.28 bits per heavy atom. The molecule has 148 valence electrons. The van der Waals surface area contributed by atoms with Crippen molar-refractivity contribution in [2.75, 3.05) is 5.32 Å². The first kappa shape index (κ1) is 21.0. The molecule has 0 aliphatic carbocycles. The number of amides is 2. The lowest BCUT2D eigenvalue weighted by molar-refractivity contribution is -0.120. The number of anilines is 1. The maximum Gasteiger partial charge on any atom is 0.265 e. The third kappa shape index (κ3) is 6.15. The summed E-state index contributed by atoms with van der Waals surface area (Å²) in [6, 6.07) is 17.6. The van der Waals surface area contributed by atoms with Gasteiger partial charge in [-0.2, -0.15) is 5.10 Å². The van der Waals surface area contributed by atoms with Gasteiger partial charge in [-0.3, -0.25) is 9.59 Å². The number of hydrogen-bond donors (Lipinski definition) is 2. The molecule has 3 aromatic rings. The van der Waals surface area contributed by atoms with Gasteiger partial charge < -0.3 is 5.32 Å². The van der Waals surface area contributed by atoms with Crippen molar-refractivity contribution in [2.45, 2.75) is 13.3 Å². The molecule has 0 aliphatic rings. The van der Waals surface area contributed by atoms with Crippen LogP contribution in [-0.4, -0.2) is 17.5 Å². The van der Waals surface area contributed by atoms with Crippen LogP contribution in [-0.2, 0) is 11.2 Å². The van der Waals surface area contributed by atoms with Crippen molar-refractivity contribution in [3.63, 3.8) is 0 Å². The molecule has 0 unspecified atom stereocenters. The van der Waals surface area contributed by atoms with E-state index in [1.165, 1.54) is 11.3 Å². The fourth-order valence-electron chi connectivity index (χ4n) is 2.46. The van der Waals surface area contributed by atoms with Gasteiger partial charge in [0.25, 0.3) is 5.91 Å². The lowest BCUT2D eigenvalue weighted by Gasteiger charge is -2.06. The molecule has 0 aliphatic heterocycles. The second-order valence-electron chi connectivity index (χ2n) is 6.17. The van der Waals surface area contributed by atoms with Crippen molar-refractivity contribution in [2.24, 2.45) is 5.10 Å². The molecule has 0 spiro atoms. The normalized spacial score (nSPS) is 11.2. The predicted molar refractivity (Wildman–Crippen MR) is 119 cm³/mol. The van der Waals surface area contributed by atoms with Crippen LogP contribution >= 0.6 is 34.5 Å². The minimum Gasteiger partial charge on any atom is -0.321 e. The number of hydrazone groups is 1. The van der Waals surface area contributed by atoms with Crippen molar-refractivity contribution in [3.05, 3.63) is 86.0 Å². The highest BCUT2D eigenvalue weighted by atomic mass is 35.5. The number of rotatable bonds is 6. The number of benzene rings is 2. The first-order chi connectivity index (χ1) is 13.9. The van der Waals surface area contributed by atoms with Crippen molar-refractivity contribution in [3.8, 4) is 0 Å². The minimum atomic E-state index is -0.217. The van der Waals surface area contributed by atoms with Gasteiger partial charge in [0.1, 0.15) is 0 Å². The molecule has 0 saturated carbocycles. The highest BCUT2D eigenvalue weighted by molar-refractivity contribution is 7.18. The zero-order valence-electron chi connectivity index (χ0n) is 15.4.